The Labute approximate surface area is 137 Å². The molecule has 0 fully saturated rings. The van der Waals surface area contributed by atoms with Crippen LogP contribution in [-0.4, -0.2) is 19.3 Å². The van der Waals surface area contributed by atoms with Gasteiger partial charge in [-0.25, -0.2) is 4.79 Å². The minimum Gasteiger partial charge on any atom is -0.420 e. The number of ether oxygens (including phenoxy) is 1. The van der Waals surface area contributed by atoms with Gasteiger partial charge in [-0.1, -0.05) is 30.3 Å². The monoisotopic (exact) mass is 324 g/mol. The molecule has 1 aliphatic heterocycles. The fourth-order valence-corrected chi connectivity index (χ4v) is 3.27. The van der Waals surface area contributed by atoms with Crippen LogP contribution in [0.3, 0.4) is 0 Å². The molecule has 0 amide bonds. The lowest BCUT2D eigenvalue weighted by molar-refractivity contribution is 0.382. The van der Waals surface area contributed by atoms with Gasteiger partial charge >= 0.3 is 5.69 Å². The summed E-state index contributed by atoms with van der Waals surface area (Å²) < 4.78 is 8.26. The molecule has 0 spiro atoms. The van der Waals surface area contributed by atoms with Crippen molar-refractivity contribution in [1.29, 1.82) is 0 Å². The number of aryl methyl sites for hydroxylation is 1. The highest BCUT2D eigenvalue weighted by molar-refractivity contribution is 5.55. The molecule has 1 aromatic carbocycles. The fourth-order valence-electron chi connectivity index (χ4n) is 3.27. The summed E-state index contributed by atoms with van der Waals surface area (Å²) in [5, 5.41) is 7.09. The molecule has 0 saturated heterocycles. The normalized spacial score (nSPS) is 15.5. The van der Waals surface area contributed by atoms with Crippen molar-refractivity contribution in [2.24, 2.45) is 14.1 Å². The highest BCUT2D eigenvalue weighted by atomic mass is 16.5. The second kappa shape index (κ2) is 4.95. The minimum atomic E-state index is -0.429. The number of hydrogen-bond acceptors (Lipinski definition) is 4. The molecule has 1 atom stereocenters. The Kier molecular flexibility index (Phi) is 2.99. The number of nitrogens with zero attached hydrogens (tertiary/aromatic N) is 3. The van der Waals surface area contributed by atoms with Crippen LogP contribution in [-0.2, 0) is 14.1 Å². The van der Waals surface area contributed by atoms with Gasteiger partial charge < -0.3 is 4.74 Å². The van der Waals surface area contributed by atoms with Crippen molar-refractivity contribution in [2.75, 3.05) is 0 Å². The van der Waals surface area contributed by atoms with E-state index in [0.717, 1.165) is 21.4 Å². The maximum Gasteiger partial charge on any atom is 0.333 e. The van der Waals surface area contributed by atoms with E-state index in [4.69, 9.17) is 4.74 Å². The van der Waals surface area contributed by atoms with E-state index in [1.165, 1.54) is 11.6 Å². The van der Waals surface area contributed by atoms with Gasteiger partial charge in [0, 0.05) is 25.4 Å². The number of nitrogens with one attached hydrogen (secondary N) is 1. The molecule has 0 aliphatic carbocycles. The quantitative estimate of drug-likeness (QED) is 0.574. The van der Waals surface area contributed by atoms with Gasteiger partial charge in [0.1, 0.15) is 0 Å². The van der Waals surface area contributed by atoms with Crippen LogP contribution in [0.25, 0.3) is 0 Å². The summed E-state index contributed by atoms with van der Waals surface area (Å²) in [6.45, 7) is 1.89. The number of aromatic amines is 1. The van der Waals surface area contributed by atoms with E-state index >= 15 is 0 Å². The van der Waals surface area contributed by atoms with Gasteiger partial charge in [-0.3, -0.25) is 19.0 Å². The first-order valence-electron chi connectivity index (χ1n) is 7.58. The van der Waals surface area contributed by atoms with E-state index < -0.39 is 5.69 Å². The predicted molar refractivity (Wildman–Crippen MR) is 87.7 cm³/mol. The zero-order chi connectivity index (χ0) is 17.0. The third kappa shape index (κ3) is 1.81. The highest BCUT2D eigenvalue weighted by Crippen LogP contribution is 2.45. The average molecular weight is 324 g/mol. The highest BCUT2D eigenvalue weighted by Gasteiger charge is 2.37. The SMILES string of the molecule is Cc1[nH]nc2c1C(c1ccccc1)c1c(n(C)c(=O)n(C)c1=O)O2. The van der Waals surface area contributed by atoms with Gasteiger partial charge in [-0.2, -0.15) is 0 Å². The topological polar surface area (TPSA) is 81.9 Å². The number of benzene rings is 1. The number of fused-ring (bicyclic) bond motifs is 2. The molecular weight excluding hydrogens is 308 g/mol. The summed E-state index contributed by atoms with van der Waals surface area (Å²) in [6.07, 6.45) is 0. The van der Waals surface area contributed by atoms with Crippen LogP contribution in [0.5, 0.6) is 11.8 Å². The maximum atomic E-state index is 12.9. The number of hydrogen-bond donors (Lipinski definition) is 1. The van der Waals surface area contributed by atoms with Crippen LogP contribution in [0.15, 0.2) is 39.9 Å². The van der Waals surface area contributed by atoms with E-state index in [-0.39, 0.29) is 17.4 Å². The molecule has 0 saturated carbocycles. The Morgan fingerprint density at radius 3 is 2.50 bits per heavy atom. The molecule has 3 heterocycles. The second-order valence-electron chi connectivity index (χ2n) is 5.94. The summed E-state index contributed by atoms with van der Waals surface area (Å²) in [4.78, 5) is 25.1. The smallest absolute Gasteiger partial charge is 0.333 e. The molecule has 122 valence electrons. The fraction of sp³-hybridized carbons (Fsp3) is 0.235. The molecule has 1 unspecified atom stereocenters. The van der Waals surface area contributed by atoms with Gasteiger partial charge in [-0.05, 0) is 12.5 Å². The van der Waals surface area contributed by atoms with Crippen LogP contribution < -0.4 is 16.0 Å². The molecule has 7 heteroatoms. The predicted octanol–water partition coefficient (Wildman–Crippen LogP) is 1.40. The third-order valence-corrected chi connectivity index (χ3v) is 4.51. The van der Waals surface area contributed by atoms with Gasteiger partial charge in [0.15, 0.2) is 0 Å². The first-order chi connectivity index (χ1) is 11.5. The van der Waals surface area contributed by atoms with Crippen molar-refractivity contribution in [3.63, 3.8) is 0 Å². The maximum absolute atomic E-state index is 12.9. The van der Waals surface area contributed by atoms with E-state index in [1.54, 1.807) is 7.05 Å². The van der Waals surface area contributed by atoms with E-state index in [2.05, 4.69) is 10.2 Å². The Hall–Kier alpha value is -3.09. The van der Waals surface area contributed by atoms with Crippen molar-refractivity contribution in [3.8, 4) is 11.8 Å². The Morgan fingerprint density at radius 1 is 1.08 bits per heavy atom. The van der Waals surface area contributed by atoms with Gasteiger partial charge in [0.25, 0.3) is 5.56 Å². The molecular formula is C17H16N4O3. The molecule has 24 heavy (non-hydrogen) atoms. The number of rotatable bonds is 1. The molecule has 1 aliphatic rings. The molecule has 2 aromatic heterocycles. The summed E-state index contributed by atoms with van der Waals surface area (Å²) in [6, 6.07) is 9.69. The summed E-state index contributed by atoms with van der Waals surface area (Å²) in [5.74, 6) is 0.308. The molecule has 0 radical (unpaired) electrons. The van der Waals surface area contributed by atoms with Crippen LogP contribution >= 0.6 is 0 Å². The number of aromatic nitrogens is 4. The first kappa shape index (κ1) is 14.5. The number of H-pyrrole nitrogens is 1. The van der Waals surface area contributed by atoms with Crippen molar-refractivity contribution in [3.05, 3.63) is 73.6 Å². The van der Waals surface area contributed by atoms with Crippen LogP contribution in [0.1, 0.15) is 28.3 Å². The molecule has 1 N–H and O–H groups in total. The first-order valence-corrected chi connectivity index (χ1v) is 7.58. The molecule has 7 nitrogen and oxygen atoms in total. The van der Waals surface area contributed by atoms with E-state index in [1.807, 2.05) is 37.3 Å². The summed E-state index contributed by atoms with van der Waals surface area (Å²) in [7, 11) is 3.07. The van der Waals surface area contributed by atoms with Crippen LogP contribution in [0, 0.1) is 6.92 Å². The summed E-state index contributed by atoms with van der Waals surface area (Å²) >= 11 is 0. The molecule has 3 aromatic rings. The standard InChI is InChI=1S/C17H16N4O3/c1-9-11-12(10-7-5-4-6-8-10)13-15(22)20(2)17(23)21(3)16(13)24-14(11)19-18-9/h4-8,12H,1-3H3,(H,18,19). The van der Waals surface area contributed by atoms with Crippen LogP contribution in [0.2, 0.25) is 0 Å². The van der Waals surface area contributed by atoms with Crippen molar-refractivity contribution >= 4 is 0 Å². The lowest BCUT2D eigenvalue weighted by Gasteiger charge is -2.26. The minimum absolute atomic E-state index is 0.246. The average Bonchev–Trinajstić information content (AvgIpc) is 2.98. The lowest BCUT2D eigenvalue weighted by Crippen LogP contribution is -2.41. The van der Waals surface area contributed by atoms with Crippen molar-refractivity contribution < 1.29 is 4.74 Å². The van der Waals surface area contributed by atoms with Gasteiger partial charge in [-0.15, -0.1) is 5.10 Å². The largest absolute Gasteiger partial charge is 0.420 e. The second-order valence-corrected chi connectivity index (χ2v) is 5.94. The Balaban J connectivity index is 2.13. The zero-order valence-electron chi connectivity index (χ0n) is 13.5. The lowest BCUT2D eigenvalue weighted by atomic mass is 9.85. The van der Waals surface area contributed by atoms with Gasteiger partial charge in [0.05, 0.1) is 11.5 Å². The molecule has 0 bridgehead atoms. The Morgan fingerprint density at radius 2 is 1.79 bits per heavy atom. The molecule has 4 rings (SSSR count). The van der Waals surface area contributed by atoms with Crippen LogP contribution in [0.4, 0.5) is 0 Å². The van der Waals surface area contributed by atoms with E-state index in [9.17, 15) is 9.59 Å². The summed E-state index contributed by atoms with van der Waals surface area (Å²) in [5.41, 5.74) is 2.27. The van der Waals surface area contributed by atoms with Crippen molar-refractivity contribution in [2.45, 2.75) is 12.8 Å². The third-order valence-electron chi connectivity index (χ3n) is 4.51. The Bertz CT molecular complexity index is 1060. The van der Waals surface area contributed by atoms with Crippen molar-refractivity contribution in [1.82, 2.24) is 19.3 Å². The zero-order valence-corrected chi connectivity index (χ0v) is 13.5. The van der Waals surface area contributed by atoms with E-state index in [0.29, 0.717) is 11.4 Å². The van der Waals surface area contributed by atoms with Gasteiger partial charge in [0.2, 0.25) is 11.8 Å².